The number of rotatable bonds is 3. The number of nitrogens with two attached hydrogens (primary N) is 1. The van der Waals surface area contributed by atoms with Gasteiger partial charge in [0.15, 0.2) is 11.3 Å². The predicted molar refractivity (Wildman–Crippen MR) is 86.2 cm³/mol. The first-order valence-corrected chi connectivity index (χ1v) is 7.21. The number of ketones is 1. The van der Waals surface area contributed by atoms with Crippen LogP contribution in [0.1, 0.15) is 35.5 Å². The summed E-state index contributed by atoms with van der Waals surface area (Å²) in [7, 11) is 0. The Bertz CT molecular complexity index is 847. The molecular weight excluding hydrogens is 294 g/mol. The molecule has 0 saturated heterocycles. The van der Waals surface area contributed by atoms with E-state index in [1.807, 2.05) is 25.1 Å². The number of benzene rings is 1. The number of hydrogen-bond donors (Lipinski definition) is 2. The number of aromatic nitrogens is 1. The number of Topliss-reactive ketones (excluding diaryl/α,β-unsaturated/α-hetero) is 1. The molecule has 0 unspecified atom stereocenters. The van der Waals surface area contributed by atoms with Gasteiger partial charge in [0, 0.05) is 17.3 Å². The third-order valence-corrected chi connectivity index (χ3v) is 3.92. The molecule has 0 saturated carbocycles. The van der Waals surface area contributed by atoms with E-state index in [9.17, 15) is 9.59 Å². The van der Waals surface area contributed by atoms with Crippen LogP contribution in [0.5, 0.6) is 0 Å². The normalized spacial score (nSPS) is 16.1. The molecule has 6 nitrogen and oxygen atoms in total. The molecule has 6 heteroatoms. The van der Waals surface area contributed by atoms with Gasteiger partial charge in [0.05, 0.1) is 0 Å². The lowest BCUT2D eigenvalue weighted by molar-refractivity contribution is -0.128. The van der Waals surface area contributed by atoms with Crippen LogP contribution in [0.15, 0.2) is 35.6 Å². The zero-order chi connectivity index (χ0) is 16.8. The largest absolute Gasteiger partial charge is 0.381 e. The van der Waals surface area contributed by atoms with Gasteiger partial charge in [0.25, 0.3) is 5.91 Å². The maximum atomic E-state index is 12.3. The first-order valence-electron chi connectivity index (χ1n) is 7.21. The zero-order valence-electron chi connectivity index (χ0n) is 13.1. The van der Waals surface area contributed by atoms with Crippen molar-refractivity contribution in [2.24, 2.45) is 10.9 Å². The number of amides is 1. The topological polar surface area (TPSA) is 97.5 Å². The fourth-order valence-corrected chi connectivity index (χ4v) is 2.57. The lowest BCUT2D eigenvalue weighted by Gasteiger charge is -2.12. The van der Waals surface area contributed by atoms with Crippen LogP contribution in [-0.4, -0.2) is 28.0 Å². The highest BCUT2D eigenvalue weighted by Crippen LogP contribution is 2.30. The molecule has 1 aromatic carbocycles. The van der Waals surface area contributed by atoms with Gasteiger partial charge in [0.1, 0.15) is 5.69 Å². The molecule has 3 N–H and O–H groups in total. The Labute approximate surface area is 133 Å². The van der Waals surface area contributed by atoms with Crippen molar-refractivity contribution in [3.8, 4) is 11.1 Å². The highest BCUT2D eigenvalue weighted by Gasteiger charge is 2.40. The van der Waals surface area contributed by atoms with Crippen molar-refractivity contribution >= 4 is 17.4 Å². The van der Waals surface area contributed by atoms with E-state index in [-0.39, 0.29) is 11.5 Å². The second kappa shape index (κ2) is 5.08. The van der Waals surface area contributed by atoms with Crippen LogP contribution in [0.4, 0.5) is 0 Å². The average molecular weight is 311 g/mol. The fourth-order valence-electron chi connectivity index (χ4n) is 2.57. The van der Waals surface area contributed by atoms with Gasteiger partial charge in [-0.2, -0.15) is 0 Å². The summed E-state index contributed by atoms with van der Waals surface area (Å²) >= 11 is 0. The highest BCUT2D eigenvalue weighted by atomic mass is 16.7. The van der Waals surface area contributed by atoms with Crippen molar-refractivity contribution in [1.82, 2.24) is 4.98 Å². The summed E-state index contributed by atoms with van der Waals surface area (Å²) in [4.78, 5) is 31.9. The summed E-state index contributed by atoms with van der Waals surface area (Å²) < 4.78 is 0. The third kappa shape index (κ3) is 2.42. The van der Waals surface area contributed by atoms with Crippen LogP contribution in [0.3, 0.4) is 0 Å². The molecule has 1 aromatic heterocycles. The number of aromatic amines is 1. The number of H-pyrrole nitrogens is 1. The minimum atomic E-state index is -0.952. The predicted octanol–water partition coefficient (Wildman–Crippen LogP) is 2.17. The van der Waals surface area contributed by atoms with Crippen molar-refractivity contribution in [2.45, 2.75) is 26.4 Å². The number of nitrogens with zero attached hydrogens (tertiary/aromatic N) is 1. The number of aryl methyl sites for hydroxylation is 1. The smallest absolute Gasteiger partial charge is 0.265 e. The molecule has 2 aromatic rings. The number of nitrogens with one attached hydrogen (secondary N) is 1. The van der Waals surface area contributed by atoms with Crippen molar-refractivity contribution in [3.05, 3.63) is 47.3 Å². The quantitative estimate of drug-likeness (QED) is 0.909. The highest BCUT2D eigenvalue weighted by molar-refractivity contribution is 6.49. The molecule has 0 atom stereocenters. The molecule has 0 radical (unpaired) electrons. The summed E-state index contributed by atoms with van der Waals surface area (Å²) in [6.07, 6.45) is 1.66. The van der Waals surface area contributed by atoms with Gasteiger partial charge < -0.3 is 15.6 Å². The van der Waals surface area contributed by atoms with Crippen molar-refractivity contribution in [2.75, 3.05) is 0 Å². The Morgan fingerprint density at radius 2 is 2.00 bits per heavy atom. The van der Waals surface area contributed by atoms with Gasteiger partial charge in [-0.05, 0) is 44.0 Å². The Morgan fingerprint density at radius 3 is 2.61 bits per heavy atom. The van der Waals surface area contributed by atoms with Crippen LogP contribution < -0.4 is 5.73 Å². The average Bonchev–Trinajstić information content (AvgIpc) is 3.06. The molecular formula is C17H17N3O3. The van der Waals surface area contributed by atoms with Gasteiger partial charge in [-0.1, -0.05) is 17.3 Å². The SMILES string of the molecule is Cc1ccc(C2=NOC(C)(C)C2=O)cc1-c1cc[nH]c1C(N)=O. The Morgan fingerprint density at radius 1 is 1.26 bits per heavy atom. The van der Waals surface area contributed by atoms with E-state index in [0.717, 1.165) is 11.1 Å². The molecule has 1 amide bonds. The zero-order valence-corrected chi connectivity index (χ0v) is 13.1. The van der Waals surface area contributed by atoms with E-state index >= 15 is 0 Å². The second-order valence-electron chi connectivity index (χ2n) is 6.03. The molecule has 0 fully saturated rings. The molecule has 0 spiro atoms. The lowest BCUT2D eigenvalue weighted by Crippen LogP contribution is -2.33. The lowest BCUT2D eigenvalue weighted by atomic mass is 9.92. The standard InChI is InChI=1S/C17H17N3O3/c1-9-4-5-10(13-15(21)17(2,3)23-20-13)8-12(9)11-6-7-19-14(11)16(18)22/h4-8,19H,1-3H3,(H2,18,22). The van der Waals surface area contributed by atoms with Gasteiger partial charge in [0.2, 0.25) is 5.78 Å². The number of hydrogen-bond acceptors (Lipinski definition) is 4. The van der Waals surface area contributed by atoms with E-state index in [0.29, 0.717) is 16.8 Å². The van der Waals surface area contributed by atoms with Crippen LogP contribution in [0.25, 0.3) is 11.1 Å². The number of carbonyl (C=O) groups excluding carboxylic acids is 2. The van der Waals surface area contributed by atoms with Gasteiger partial charge in [-0.25, -0.2) is 0 Å². The summed E-state index contributed by atoms with van der Waals surface area (Å²) in [6, 6.07) is 7.30. The van der Waals surface area contributed by atoms with E-state index in [1.165, 1.54) is 0 Å². The Balaban J connectivity index is 2.10. The number of primary amides is 1. The minimum Gasteiger partial charge on any atom is -0.381 e. The maximum Gasteiger partial charge on any atom is 0.265 e. The van der Waals surface area contributed by atoms with Crippen LogP contribution >= 0.6 is 0 Å². The first-order chi connectivity index (χ1) is 10.8. The molecule has 0 bridgehead atoms. The summed E-state index contributed by atoms with van der Waals surface area (Å²) in [5.74, 6) is -0.704. The third-order valence-electron chi connectivity index (χ3n) is 3.92. The van der Waals surface area contributed by atoms with Gasteiger partial charge in [-0.3, -0.25) is 9.59 Å². The van der Waals surface area contributed by atoms with Crippen LogP contribution in [0, 0.1) is 6.92 Å². The van der Waals surface area contributed by atoms with E-state index in [1.54, 1.807) is 26.1 Å². The molecule has 3 rings (SSSR count). The monoisotopic (exact) mass is 311 g/mol. The second-order valence-corrected chi connectivity index (χ2v) is 6.03. The molecule has 2 heterocycles. The molecule has 1 aliphatic heterocycles. The molecule has 118 valence electrons. The number of carbonyl (C=O) groups is 2. The van der Waals surface area contributed by atoms with E-state index < -0.39 is 11.5 Å². The van der Waals surface area contributed by atoms with Gasteiger partial charge in [-0.15, -0.1) is 0 Å². The Hall–Kier alpha value is -2.89. The van der Waals surface area contributed by atoms with E-state index in [4.69, 9.17) is 10.6 Å². The maximum absolute atomic E-state index is 12.3. The van der Waals surface area contributed by atoms with Crippen molar-refractivity contribution < 1.29 is 14.4 Å². The van der Waals surface area contributed by atoms with Gasteiger partial charge >= 0.3 is 0 Å². The number of oxime groups is 1. The molecule has 1 aliphatic rings. The Kier molecular flexibility index (Phi) is 3.32. The first kappa shape index (κ1) is 15.0. The molecule has 23 heavy (non-hydrogen) atoms. The summed E-state index contributed by atoms with van der Waals surface area (Å²) in [5, 5.41) is 3.92. The van der Waals surface area contributed by atoms with Crippen LogP contribution in [-0.2, 0) is 9.63 Å². The van der Waals surface area contributed by atoms with Crippen molar-refractivity contribution in [1.29, 1.82) is 0 Å². The molecule has 0 aliphatic carbocycles. The summed E-state index contributed by atoms with van der Waals surface area (Å²) in [6.45, 7) is 5.28. The fraction of sp³-hybridized carbons (Fsp3) is 0.235. The van der Waals surface area contributed by atoms with Crippen LogP contribution in [0.2, 0.25) is 0 Å². The van der Waals surface area contributed by atoms with E-state index in [2.05, 4.69) is 10.1 Å². The summed E-state index contributed by atoms with van der Waals surface area (Å²) in [5.41, 5.74) is 8.19. The minimum absolute atomic E-state index is 0.170. The van der Waals surface area contributed by atoms with Crippen molar-refractivity contribution in [3.63, 3.8) is 0 Å².